The zero-order valence-corrected chi connectivity index (χ0v) is 8.31. The first kappa shape index (κ1) is 23.7. The van der Waals surface area contributed by atoms with E-state index in [9.17, 15) is 4.79 Å². The fraction of sp³-hybridized carbons (Fsp3) is 0.667. The average molecular weight is 264 g/mol. The van der Waals surface area contributed by atoms with Crippen molar-refractivity contribution in [2.75, 3.05) is 5.75 Å². The number of rotatable bonds is 2. The van der Waals surface area contributed by atoms with E-state index in [4.69, 9.17) is 24.2 Å². The van der Waals surface area contributed by atoms with Gasteiger partial charge >= 0.3 is 35.5 Å². The van der Waals surface area contributed by atoms with Crippen LogP contribution >= 0.6 is 25.0 Å². The molecule has 0 saturated carbocycles. The van der Waals surface area contributed by atoms with Gasteiger partial charge in [-0.2, -0.15) is 16.8 Å². The molecular weight excluding hydrogens is 253 g/mol. The van der Waals surface area contributed by atoms with Gasteiger partial charge in [0.15, 0.2) is 0 Å². The third kappa shape index (κ3) is 32.0. The molecule has 0 aromatic rings. The number of aliphatic carboxylic acids is 1. The van der Waals surface area contributed by atoms with Gasteiger partial charge in [0.05, 0.1) is 0 Å². The molecule has 0 aromatic carbocycles. The van der Waals surface area contributed by atoms with E-state index in [1.807, 2.05) is 0 Å². The zero-order chi connectivity index (χ0) is 9.44. The van der Waals surface area contributed by atoms with Crippen molar-refractivity contribution in [1.29, 1.82) is 0 Å². The van der Waals surface area contributed by atoms with E-state index in [0.717, 1.165) is 0 Å². The molecule has 0 amide bonds. The number of halogens is 1. The molecule has 0 rings (SSSR count). The number of nitrogens with two attached hydrogens (primary N) is 1. The van der Waals surface area contributed by atoms with Crippen LogP contribution in [0.25, 0.3) is 0 Å². The van der Waals surface area contributed by atoms with Gasteiger partial charge in [-0.05, 0) is 0 Å². The Balaban J connectivity index is -0.0000000600. The molecule has 0 aromatic heterocycles. The standard InChI is InChI=1S/C3H7NO2S.ClH.Na.H2O3S.H/c4-2(1-7)3(5)6;;;1-4(2)3;/h2,7H,1,4H2,(H,5,6);1H;;(H2,1,2,3);/t2-;;;;/m0..../s1. The molecule has 13 heavy (non-hydrogen) atoms. The third-order valence-electron chi connectivity index (χ3n) is 0.514. The van der Waals surface area contributed by atoms with E-state index in [-0.39, 0.29) is 47.7 Å². The summed E-state index contributed by atoms with van der Waals surface area (Å²) in [5.41, 5.74) is 4.94. The summed E-state index contributed by atoms with van der Waals surface area (Å²) < 4.78 is 22.8. The molecule has 0 saturated heterocycles. The Kier molecular flexibility index (Phi) is 28.5. The van der Waals surface area contributed by atoms with Gasteiger partial charge in [0, 0.05) is 5.75 Å². The monoisotopic (exact) mass is 263 g/mol. The molecule has 0 bridgehead atoms. The van der Waals surface area contributed by atoms with E-state index < -0.39 is 23.4 Å². The minimum atomic E-state index is -2.61. The van der Waals surface area contributed by atoms with Crippen LogP contribution in [0.5, 0.6) is 0 Å². The van der Waals surface area contributed by atoms with E-state index in [0.29, 0.717) is 0 Å². The van der Waals surface area contributed by atoms with Crippen molar-refractivity contribution in [3.05, 3.63) is 0 Å². The molecular formula is C3H11ClNNaO5S2. The number of hydrogen-bond donors (Lipinski definition) is 5. The van der Waals surface area contributed by atoms with Gasteiger partial charge in [0.2, 0.25) is 0 Å². The third-order valence-corrected chi connectivity index (χ3v) is 0.907. The Morgan fingerprint density at radius 3 is 1.77 bits per heavy atom. The Hall–Kier alpha value is 1.14. The first-order chi connectivity index (χ1) is 4.91. The van der Waals surface area contributed by atoms with Crippen LogP contribution in [0.4, 0.5) is 0 Å². The van der Waals surface area contributed by atoms with E-state index in [1.54, 1.807) is 0 Å². The molecule has 6 nitrogen and oxygen atoms in total. The summed E-state index contributed by atoms with van der Waals surface area (Å²) in [5, 5.41) is 8.01. The van der Waals surface area contributed by atoms with Crippen molar-refractivity contribution in [2.45, 2.75) is 6.04 Å². The number of carboxylic acids is 1. The fourth-order valence-electron chi connectivity index (χ4n) is 0.0781. The van der Waals surface area contributed by atoms with Gasteiger partial charge in [-0.1, -0.05) is 0 Å². The van der Waals surface area contributed by atoms with Crippen LogP contribution in [0.2, 0.25) is 0 Å². The number of hydrogen-bond acceptors (Lipinski definition) is 4. The zero-order valence-electron chi connectivity index (χ0n) is 5.78. The van der Waals surface area contributed by atoms with Crippen LogP contribution in [0.3, 0.4) is 0 Å². The molecule has 0 spiro atoms. The van der Waals surface area contributed by atoms with Gasteiger partial charge in [-0.15, -0.1) is 12.4 Å². The molecule has 5 N–H and O–H groups in total. The quantitative estimate of drug-likeness (QED) is 0.242. The summed E-state index contributed by atoms with van der Waals surface area (Å²) in [6.45, 7) is 0. The Labute approximate surface area is 112 Å². The van der Waals surface area contributed by atoms with Crippen molar-refractivity contribution in [3.8, 4) is 0 Å². The van der Waals surface area contributed by atoms with Gasteiger partial charge in [0.25, 0.3) is 11.4 Å². The Morgan fingerprint density at radius 1 is 1.54 bits per heavy atom. The number of carboxylic acid groups (broad SMARTS) is 1. The van der Waals surface area contributed by atoms with Crippen molar-refractivity contribution in [3.63, 3.8) is 0 Å². The Morgan fingerprint density at radius 2 is 1.77 bits per heavy atom. The molecule has 0 unspecified atom stereocenters. The predicted molar refractivity (Wildman–Crippen MR) is 57.3 cm³/mol. The molecule has 0 radical (unpaired) electrons. The van der Waals surface area contributed by atoms with Crippen LogP contribution in [0, 0.1) is 0 Å². The molecule has 10 heteroatoms. The van der Waals surface area contributed by atoms with Crippen molar-refractivity contribution in [1.82, 2.24) is 0 Å². The SMILES string of the molecule is Cl.N[C@@H](CS)C(=O)O.O=S(O)O.[NaH]. The normalized spacial score (nSPS) is 9.92. The maximum absolute atomic E-state index is 9.76. The molecule has 1 atom stereocenters. The number of carbonyl (C=O) groups is 1. The molecule has 0 aliphatic heterocycles. The summed E-state index contributed by atoms with van der Waals surface area (Å²) in [5.74, 6) is -0.815. The van der Waals surface area contributed by atoms with E-state index in [2.05, 4.69) is 12.6 Å². The number of thiol groups is 1. The van der Waals surface area contributed by atoms with Crippen molar-refractivity contribution < 1.29 is 23.2 Å². The minimum absolute atomic E-state index is 0. The van der Waals surface area contributed by atoms with Crippen LogP contribution in [0.1, 0.15) is 0 Å². The Bertz CT molecular complexity index is 146. The maximum atomic E-state index is 9.76. The van der Waals surface area contributed by atoms with Gasteiger partial charge < -0.3 is 10.8 Å². The summed E-state index contributed by atoms with van der Waals surface area (Å²) in [4.78, 5) is 9.76. The second-order valence-corrected chi connectivity index (χ2v) is 2.18. The molecule has 0 aliphatic carbocycles. The van der Waals surface area contributed by atoms with Crippen LogP contribution in [-0.4, -0.2) is 65.7 Å². The van der Waals surface area contributed by atoms with Crippen LogP contribution in [-0.2, 0) is 16.2 Å². The molecule has 0 heterocycles. The second kappa shape index (κ2) is 15.6. The van der Waals surface area contributed by atoms with Crippen molar-refractivity contribution >= 4 is 71.9 Å². The first-order valence-corrected chi connectivity index (χ1v) is 4.00. The van der Waals surface area contributed by atoms with Crippen LogP contribution < -0.4 is 5.73 Å². The molecule has 0 aliphatic rings. The molecule has 78 valence electrons. The topological polar surface area (TPSA) is 121 Å². The summed E-state index contributed by atoms with van der Waals surface area (Å²) >= 11 is 1.04. The van der Waals surface area contributed by atoms with Gasteiger partial charge in [0.1, 0.15) is 6.04 Å². The summed E-state index contributed by atoms with van der Waals surface area (Å²) in [7, 11) is 0. The second-order valence-electron chi connectivity index (χ2n) is 1.36. The average Bonchev–Trinajstić information content (AvgIpc) is 1.85. The van der Waals surface area contributed by atoms with Gasteiger partial charge in [-0.25, -0.2) is 0 Å². The van der Waals surface area contributed by atoms with Gasteiger partial charge in [-0.3, -0.25) is 13.9 Å². The summed E-state index contributed by atoms with van der Waals surface area (Å²) in [6.07, 6.45) is 0. The van der Waals surface area contributed by atoms with Crippen molar-refractivity contribution in [2.24, 2.45) is 5.73 Å². The van der Waals surface area contributed by atoms with E-state index >= 15 is 0 Å². The van der Waals surface area contributed by atoms with Crippen LogP contribution in [0.15, 0.2) is 0 Å². The predicted octanol–water partition coefficient (Wildman–Crippen LogP) is -1.22. The summed E-state index contributed by atoms with van der Waals surface area (Å²) in [6, 6.07) is -0.816. The van der Waals surface area contributed by atoms with E-state index in [1.165, 1.54) is 0 Å². The molecule has 0 fully saturated rings. The first-order valence-electron chi connectivity index (χ1n) is 2.31. The fourth-order valence-corrected chi connectivity index (χ4v) is 0.234.